The molecule has 1 amide bonds. The smallest absolute Gasteiger partial charge is 0.237 e. The van der Waals surface area contributed by atoms with Crippen molar-refractivity contribution >= 4 is 18.3 Å². The van der Waals surface area contributed by atoms with Crippen LogP contribution in [0.5, 0.6) is 5.75 Å². The van der Waals surface area contributed by atoms with Crippen LogP contribution in [0.2, 0.25) is 0 Å². The number of hydrogen-bond acceptors (Lipinski definition) is 3. The summed E-state index contributed by atoms with van der Waals surface area (Å²) < 4.78 is 5.44. The van der Waals surface area contributed by atoms with Gasteiger partial charge in [0, 0.05) is 6.54 Å². The summed E-state index contributed by atoms with van der Waals surface area (Å²) >= 11 is 0. The van der Waals surface area contributed by atoms with E-state index in [4.69, 9.17) is 4.74 Å². The van der Waals surface area contributed by atoms with E-state index in [1.54, 1.807) is 0 Å². The van der Waals surface area contributed by atoms with E-state index in [0.717, 1.165) is 30.7 Å². The van der Waals surface area contributed by atoms with Crippen LogP contribution in [0.15, 0.2) is 24.3 Å². The summed E-state index contributed by atoms with van der Waals surface area (Å²) in [6.45, 7) is 4.11. The molecule has 1 aliphatic heterocycles. The van der Waals surface area contributed by atoms with Crippen molar-refractivity contribution < 1.29 is 9.53 Å². The predicted octanol–water partition coefficient (Wildman–Crippen LogP) is 2.27. The SMILES string of the molecule is CCOc1cccc(CNC(=O)C2CCCCN2)c1.Cl. The second-order valence-corrected chi connectivity index (χ2v) is 4.80. The van der Waals surface area contributed by atoms with E-state index in [1.807, 2.05) is 31.2 Å². The highest BCUT2D eigenvalue weighted by atomic mass is 35.5. The molecule has 1 heterocycles. The molecule has 2 N–H and O–H groups in total. The van der Waals surface area contributed by atoms with Crippen LogP contribution < -0.4 is 15.4 Å². The van der Waals surface area contributed by atoms with Crippen LogP contribution in [0.25, 0.3) is 0 Å². The molecule has 112 valence electrons. The molecule has 0 spiro atoms. The van der Waals surface area contributed by atoms with Gasteiger partial charge in [0.25, 0.3) is 0 Å². The number of nitrogens with one attached hydrogen (secondary N) is 2. The van der Waals surface area contributed by atoms with E-state index < -0.39 is 0 Å². The third-order valence-electron chi connectivity index (χ3n) is 3.30. The van der Waals surface area contributed by atoms with Crippen molar-refractivity contribution in [1.29, 1.82) is 0 Å². The zero-order chi connectivity index (χ0) is 13.5. The van der Waals surface area contributed by atoms with Crippen molar-refractivity contribution in [1.82, 2.24) is 10.6 Å². The van der Waals surface area contributed by atoms with Crippen molar-refractivity contribution in [3.63, 3.8) is 0 Å². The summed E-state index contributed by atoms with van der Waals surface area (Å²) in [6.07, 6.45) is 3.23. The first-order valence-electron chi connectivity index (χ1n) is 7.02. The third kappa shape index (κ3) is 5.02. The van der Waals surface area contributed by atoms with Gasteiger partial charge in [-0.15, -0.1) is 12.4 Å². The van der Waals surface area contributed by atoms with Crippen LogP contribution in [0, 0.1) is 0 Å². The van der Waals surface area contributed by atoms with Crippen LogP contribution >= 0.6 is 12.4 Å². The topological polar surface area (TPSA) is 50.4 Å². The first kappa shape index (κ1) is 16.8. The minimum absolute atomic E-state index is 0. The fraction of sp³-hybridized carbons (Fsp3) is 0.533. The zero-order valence-corrected chi connectivity index (χ0v) is 12.7. The number of hydrogen-bond donors (Lipinski definition) is 2. The maximum Gasteiger partial charge on any atom is 0.237 e. The highest BCUT2D eigenvalue weighted by molar-refractivity contribution is 5.85. The van der Waals surface area contributed by atoms with E-state index in [-0.39, 0.29) is 24.4 Å². The van der Waals surface area contributed by atoms with Gasteiger partial charge in [-0.3, -0.25) is 4.79 Å². The molecule has 1 unspecified atom stereocenters. The predicted molar refractivity (Wildman–Crippen MR) is 82.3 cm³/mol. The van der Waals surface area contributed by atoms with Crippen molar-refractivity contribution in [2.75, 3.05) is 13.2 Å². The molecular formula is C15H23ClN2O2. The summed E-state index contributed by atoms with van der Waals surface area (Å²) in [5.74, 6) is 0.951. The molecule has 1 aromatic carbocycles. The molecule has 4 nitrogen and oxygen atoms in total. The van der Waals surface area contributed by atoms with E-state index >= 15 is 0 Å². The van der Waals surface area contributed by atoms with Gasteiger partial charge in [-0.1, -0.05) is 18.6 Å². The lowest BCUT2D eigenvalue weighted by molar-refractivity contribution is -0.123. The number of benzene rings is 1. The minimum atomic E-state index is -0.0242. The molecule has 0 saturated carbocycles. The van der Waals surface area contributed by atoms with Gasteiger partial charge in [-0.05, 0) is 44.0 Å². The highest BCUT2D eigenvalue weighted by Crippen LogP contribution is 2.13. The average molecular weight is 299 g/mol. The number of carbonyl (C=O) groups is 1. The second kappa shape index (κ2) is 8.82. The molecular weight excluding hydrogens is 276 g/mol. The Balaban J connectivity index is 0.00000200. The van der Waals surface area contributed by atoms with Crippen LogP contribution in [0.4, 0.5) is 0 Å². The molecule has 1 aliphatic rings. The molecule has 1 saturated heterocycles. The maximum atomic E-state index is 12.0. The normalized spacial score (nSPS) is 17.9. The molecule has 1 aromatic rings. The van der Waals surface area contributed by atoms with Gasteiger partial charge in [-0.2, -0.15) is 0 Å². The van der Waals surface area contributed by atoms with E-state index in [0.29, 0.717) is 13.2 Å². The Bertz CT molecular complexity index is 420. The summed E-state index contributed by atoms with van der Waals surface area (Å²) in [4.78, 5) is 12.0. The molecule has 0 aliphatic carbocycles. The van der Waals surface area contributed by atoms with Gasteiger partial charge < -0.3 is 15.4 Å². The van der Waals surface area contributed by atoms with Gasteiger partial charge in [0.2, 0.25) is 5.91 Å². The third-order valence-corrected chi connectivity index (χ3v) is 3.30. The quantitative estimate of drug-likeness (QED) is 0.877. The summed E-state index contributed by atoms with van der Waals surface area (Å²) in [5, 5.41) is 6.23. The van der Waals surface area contributed by atoms with Crippen LogP contribution in [0.3, 0.4) is 0 Å². The lowest BCUT2D eigenvalue weighted by Crippen LogP contribution is -2.46. The number of piperidine rings is 1. The molecule has 20 heavy (non-hydrogen) atoms. The number of ether oxygens (including phenoxy) is 1. The van der Waals surface area contributed by atoms with Gasteiger partial charge in [0.05, 0.1) is 12.6 Å². The Labute approximate surface area is 126 Å². The van der Waals surface area contributed by atoms with Gasteiger partial charge in [0.15, 0.2) is 0 Å². The largest absolute Gasteiger partial charge is 0.494 e. The number of carbonyl (C=O) groups excluding carboxylic acids is 1. The van der Waals surface area contributed by atoms with Gasteiger partial charge in [0.1, 0.15) is 5.75 Å². The van der Waals surface area contributed by atoms with Crippen LogP contribution in [-0.4, -0.2) is 25.1 Å². The minimum Gasteiger partial charge on any atom is -0.494 e. The Morgan fingerprint density at radius 2 is 2.30 bits per heavy atom. The Morgan fingerprint density at radius 1 is 1.45 bits per heavy atom. The average Bonchev–Trinajstić information content (AvgIpc) is 2.46. The number of amides is 1. The van der Waals surface area contributed by atoms with Crippen molar-refractivity contribution in [3.05, 3.63) is 29.8 Å². The number of halogens is 1. The van der Waals surface area contributed by atoms with E-state index in [1.165, 1.54) is 6.42 Å². The van der Waals surface area contributed by atoms with E-state index in [2.05, 4.69) is 10.6 Å². The maximum absolute atomic E-state index is 12.0. The fourth-order valence-electron chi connectivity index (χ4n) is 2.30. The van der Waals surface area contributed by atoms with E-state index in [9.17, 15) is 4.79 Å². The van der Waals surface area contributed by atoms with Crippen molar-refractivity contribution in [3.8, 4) is 5.75 Å². The number of rotatable bonds is 5. The molecule has 1 atom stereocenters. The first-order chi connectivity index (χ1) is 9.29. The Hall–Kier alpha value is -1.26. The van der Waals surface area contributed by atoms with Crippen LogP contribution in [-0.2, 0) is 11.3 Å². The first-order valence-corrected chi connectivity index (χ1v) is 7.02. The fourth-order valence-corrected chi connectivity index (χ4v) is 2.30. The molecule has 0 aromatic heterocycles. The molecule has 1 fully saturated rings. The lowest BCUT2D eigenvalue weighted by atomic mass is 10.0. The monoisotopic (exact) mass is 298 g/mol. The summed E-state index contributed by atoms with van der Waals surface area (Å²) in [6, 6.07) is 7.82. The molecule has 0 bridgehead atoms. The van der Waals surface area contributed by atoms with Crippen molar-refractivity contribution in [2.24, 2.45) is 0 Å². The van der Waals surface area contributed by atoms with Crippen LogP contribution in [0.1, 0.15) is 31.7 Å². The second-order valence-electron chi connectivity index (χ2n) is 4.80. The standard InChI is InChI=1S/C15H22N2O2.ClH/c1-2-19-13-7-5-6-12(10-13)11-17-15(18)14-8-3-4-9-16-14;/h5-7,10,14,16H,2-4,8-9,11H2,1H3,(H,17,18);1H. The van der Waals surface area contributed by atoms with Gasteiger partial charge in [-0.25, -0.2) is 0 Å². The summed E-state index contributed by atoms with van der Waals surface area (Å²) in [5.41, 5.74) is 1.06. The molecule has 5 heteroatoms. The highest BCUT2D eigenvalue weighted by Gasteiger charge is 2.19. The molecule has 2 rings (SSSR count). The Morgan fingerprint density at radius 3 is 3.00 bits per heavy atom. The summed E-state index contributed by atoms with van der Waals surface area (Å²) in [7, 11) is 0. The molecule has 0 radical (unpaired) electrons. The van der Waals surface area contributed by atoms with Crippen molar-refractivity contribution in [2.45, 2.75) is 38.8 Å². The zero-order valence-electron chi connectivity index (χ0n) is 11.9. The van der Waals surface area contributed by atoms with Gasteiger partial charge >= 0.3 is 0 Å². The Kier molecular flexibility index (Phi) is 7.41. The lowest BCUT2D eigenvalue weighted by Gasteiger charge is -2.22.